The third-order valence-electron chi connectivity index (χ3n) is 8.60. The van der Waals surface area contributed by atoms with Crippen LogP contribution in [0.25, 0.3) is 0 Å². The molecule has 0 radical (unpaired) electrons. The lowest BCUT2D eigenvalue weighted by molar-refractivity contribution is -0.129. The summed E-state index contributed by atoms with van der Waals surface area (Å²) in [5.74, 6) is -1.36. The van der Waals surface area contributed by atoms with Gasteiger partial charge < -0.3 is 41.5 Å². The number of amides is 4. The molecule has 1 aliphatic heterocycles. The number of nitrogens with zero attached hydrogens (tertiary/aromatic N) is 3. The summed E-state index contributed by atoms with van der Waals surface area (Å²) in [7, 11) is 0. The van der Waals surface area contributed by atoms with Crippen molar-refractivity contribution in [3.8, 4) is 0 Å². The summed E-state index contributed by atoms with van der Waals surface area (Å²) >= 11 is 0. The fourth-order valence-electron chi connectivity index (χ4n) is 5.53. The topological polar surface area (TPSA) is 199 Å². The van der Waals surface area contributed by atoms with Crippen LogP contribution in [0.2, 0.25) is 0 Å². The number of rotatable bonds is 18. The van der Waals surface area contributed by atoms with Crippen LogP contribution in [0.5, 0.6) is 0 Å². The summed E-state index contributed by atoms with van der Waals surface area (Å²) in [5, 5.41) is 29.3. The minimum absolute atomic E-state index is 0.0242. The van der Waals surface area contributed by atoms with E-state index < -0.39 is 48.2 Å². The molecule has 50 heavy (non-hydrogen) atoms. The van der Waals surface area contributed by atoms with Crippen molar-refractivity contribution < 1.29 is 34.1 Å². The molecule has 7 N–H and O–H groups in total. The average molecular weight is 696 g/mol. The van der Waals surface area contributed by atoms with E-state index >= 15 is 0 Å². The Hall–Kier alpha value is -4.53. The predicted molar refractivity (Wildman–Crippen MR) is 189 cm³/mol. The summed E-state index contributed by atoms with van der Waals surface area (Å²) in [6.45, 7) is 9.14. The van der Waals surface area contributed by atoms with Crippen LogP contribution in [0.3, 0.4) is 0 Å². The number of aliphatic hydroxyl groups is 2. The lowest BCUT2D eigenvalue weighted by atomic mass is 9.95. The van der Waals surface area contributed by atoms with Gasteiger partial charge in [0.15, 0.2) is 0 Å². The van der Waals surface area contributed by atoms with Gasteiger partial charge in [0, 0.05) is 24.5 Å². The number of aliphatic hydroxyl groups excluding tert-OH is 2. The van der Waals surface area contributed by atoms with E-state index in [1.54, 1.807) is 54.7 Å². The van der Waals surface area contributed by atoms with Crippen molar-refractivity contribution in [1.29, 1.82) is 0 Å². The van der Waals surface area contributed by atoms with Gasteiger partial charge in [-0.1, -0.05) is 64.4 Å². The van der Waals surface area contributed by atoms with Gasteiger partial charge in [0.05, 0.1) is 49.1 Å². The molecule has 0 unspecified atom stereocenters. The lowest BCUT2D eigenvalue weighted by Crippen LogP contribution is -2.54. The van der Waals surface area contributed by atoms with Gasteiger partial charge in [0.1, 0.15) is 19.3 Å². The van der Waals surface area contributed by atoms with Gasteiger partial charge in [-0.25, -0.2) is 4.79 Å². The van der Waals surface area contributed by atoms with Crippen LogP contribution >= 0.6 is 0 Å². The zero-order valence-electron chi connectivity index (χ0n) is 29.6. The second kappa shape index (κ2) is 19.6. The number of hydrogen-bond acceptors (Lipinski definition) is 10. The summed E-state index contributed by atoms with van der Waals surface area (Å²) < 4.78 is 5.44. The van der Waals surface area contributed by atoms with Crippen molar-refractivity contribution in [3.05, 3.63) is 72.3 Å². The van der Waals surface area contributed by atoms with Crippen molar-refractivity contribution in [2.45, 2.75) is 97.2 Å². The van der Waals surface area contributed by atoms with Crippen molar-refractivity contribution in [2.75, 3.05) is 18.2 Å². The van der Waals surface area contributed by atoms with E-state index in [0.29, 0.717) is 17.8 Å². The Labute approximate surface area is 294 Å². The molecule has 0 fully saturated rings. The molecule has 2 aromatic rings. The Bertz CT molecular complexity index is 1420. The normalized spacial score (nSPS) is 16.5. The Kier molecular flexibility index (Phi) is 15.6. The summed E-state index contributed by atoms with van der Waals surface area (Å²) in [4.78, 5) is 60.4. The van der Waals surface area contributed by atoms with Crippen molar-refractivity contribution >= 4 is 29.5 Å². The van der Waals surface area contributed by atoms with E-state index in [1.807, 2.05) is 45.9 Å². The van der Waals surface area contributed by atoms with E-state index in [1.165, 1.54) is 4.90 Å². The molecule has 6 atom stereocenters. The largest absolute Gasteiger partial charge is 0.445 e. The number of anilines is 1. The third-order valence-corrected chi connectivity index (χ3v) is 8.60. The second-order valence-corrected chi connectivity index (χ2v) is 13.2. The average Bonchev–Trinajstić information content (AvgIpc) is 3.52. The number of nitrogens with two attached hydrogens (primary N) is 1. The number of benzene rings is 1. The molecular weight excluding hydrogens is 642 g/mol. The van der Waals surface area contributed by atoms with E-state index in [0.717, 1.165) is 12.0 Å². The Morgan fingerprint density at radius 2 is 1.72 bits per heavy atom. The van der Waals surface area contributed by atoms with E-state index in [9.17, 15) is 29.4 Å². The number of ether oxygens (including phenoxy) is 1. The molecule has 2 heterocycles. The standard InChI is InChI=1S/C36H53N7O7/c1-6-24(4)31(20-44)39-33(46)17-32(45)29(15-23(2)3)40-34(47)30(41-36(49)50-21-26-11-8-7-9-12-26)16-28-19-42(35(48)25(5)37)22-43(28)27-13-10-14-38-18-27/h7-14,18-19,23-25,29-32,44-45H,6,15-17,20-22,37H2,1-5H3,(H,39,46)(H,40,47)(H,41,49)/t24-,25-,29-,30-,31+,32-/m0/s1. The molecule has 0 aliphatic carbocycles. The highest BCUT2D eigenvalue weighted by Gasteiger charge is 2.34. The summed E-state index contributed by atoms with van der Waals surface area (Å²) in [5.41, 5.74) is 7.84. The Balaban J connectivity index is 1.87. The molecule has 0 spiro atoms. The van der Waals surface area contributed by atoms with Crippen LogP contribution in [-0.4, -0.2) is 87.5 Å². The molecular formula is C36H53N7O7. The number of hydrogen-bond donors (Lipinski definition) is 6. The van der Waals surface area contributed by atoms with Crippen LogP contribution in [0.4, 0.5) is 10.5 Å². The molecule has 0 bridgehead atoms. The monoisotopic (exact) mass is 695 g/mol. The highest BCUT2D eigenvalue weighted by Crippen LogP contribution is 2.28. The quantitative estimate of drug-likeness (QED) is 0.135. The number of pyridine rings is 1. The predicted octanol–water partition coefficient (Wildman–Crippen LogP) is 2.37. The van der Waals surface area contributed by atoms with Crippen molar-refractivity contribution in [3.63, 3.8) is 0 Å². The van der Waals surface area contributed by atoms with Crippen LogP contribution in [0, 0.1) is 11.8 Å². The fraction of sp³-hybridized carbons (Fsp3) is 0.528. The molecule has 1 aliphatic rings. The van der Waals surface area contributed by atoms with E-state index in [4.69, 9.17) is 10.5 Å². The van der Waals surface area contributed by atoms with Crippen molar-refractivity contribution in [1.82, 2.24) is 25.8 Å². The van der Waals surface area contributed by atoms with Gasteiger partial charge in [-0.15, -0.1) is 0 Å². The van der Waals surface area contributed by atoms with Gasteiger partial charge in [-0.3, -0.25) is 24.3 Å². The molecule has 0 saturated carbocycles. The highest BCUT2D eigenvalue weighted by atomic mass is 16.5. The van der Waals surface area contributed by atoms with Gasteiger partial charge in [-0.05, 0) is 42.9 Å². The first-order valence-corrected chi connectivity index (χ1v) is 17.1. The maximum atomic E-state index is 14.1. The summed E-state index contributed by atoms with van der Waals surface area (Å²) in [6, 6.07) is 9.32. The van der Waals surface area contributed by atoms with Gasteiger partial charge in [-0.2, -0.15) is 0 Å². The third kappa shape index (κ3) is 12.1. The van der Waals surface area contributed by atoms with Gasteiger partial charge in [0.2, 0.25) is 17.7 Å². The first-order valence-electron chi connectivity index (χ1n) is 17.1. The van der Waals surface area contributed by atoms with E-state index in [-0.39, 0.29) is 50.5 Å². The molecule has 1 aromatic carbocycles. The maximum absolute atomic E-state index is 14.1. The lowest BCUT2D eigenvalue weighted by Gasteiger charge is -2.30. The van der Waals surface area contributed by atoms with Crippen LogP contribution in [0.1, 0.15) is 65.9 Å². The molecule has 1 aromatic heterocycles. The van der Waals surface area contributed by atoms with Gasteiger partial charge in [0.25, 0.3) is 0 Å². The summed E-state index contributed by atoms with van der Waals surface area (Å²) in [6.07, 6.45) is 3.42. The van der Waals surface area contributed by atoms with Crippen LogP contribution < -0.4 is 26.6 Å². The fourth-order valence-corrected chi connectivity index (χ4v) is 5.53. The molecule has 14 heteroatoms. The first kappa shape index (κ1) is 39.9. The number of carbonyl (C=O) groups excluding carboxylic acids is 4. The van der Waals surface area contributed by atoms with Crippen LogP contribution in [0.15, 0.2) is 66.8 Å². The number of nitrogens with one attached hydrogen (secondary N) is 3. The first-order chi connectivity index (χ1) is 23.8. The smallest absolute Gasteiger partial charge is 0.408 e. The Morgan fingerprint density at radius 3 is 2.32 bits per heavy atom. The number of carbonyl (C=O) groups is 4. The van der Waals surface area contributed by atoms with Gasteiger partial charge >= 0.3 is 6.09 Å². The van der Waals surface area contributed by atoms with E-state index in [2.05, 4.69) is 20.9 Å². The second-order valence-electron chi connectivity index (χ2n) is 13.2. The minimum atomic E-state index is -1.26. The number of alkyl carbamates (subject to hydrolysis) is 1. The molecule has 3 rings (SSSR count). The molecule has 0 saturated heterocycles. The Morgan fingerprint density at radius 1 is 1.00 bits per heavy atom. The van der Waals surface area contributed by atoms with Crippen LogP contribution in [-0.2, 0) is 25.7 Å². The molecule has 274 valence electrons. The molecule has 14 nitrogen and oxygen atoms in total. The molecule has 4 amide bonds. The number of aromatic nitrogens is 1. The zero-order valence-corrected chi connectivity index (χ0v) is 29.6. The SMILES string of the molecule is CC[C@H](C)[C@@H](CO)NC(=O)C[C@H](O)[C@H](CC(C)C)NC(=O)[C@H](CC1=CN(C(=O)[C@H](C)N)CN1c1cccnc1)NC(=O)OCc1ccccc1. The minimum Gasteiger partial charge on any atom is -0.445 e. The zero-order chi connectivity index (χ0) is 36.8. The maximum Gasteiger partial charge on any atom is 0.408 e. The highest BCUT2D eigenvalue weighted by molar-refractivity contribution is 5.87. The van der Waals surface area contributed by atoms with Crippen molar-refractivity contribution in [2.24, 2.45) is 17.6 Å².